The van der Waals surface area contributed by atoms with Crippen LogP contribution < -0.4 is 4.90 Å². The number of aryl methyl sites for hydroxylation is 2. The van der Waals surface area contributed by atoms with Crippen LogP contribution >= 0.6 is 0 Å². The lowest BCUT2D eigenvalue weighted by molar-refractivity contribution is -0.138. The lowest BCUT2D eigenvalue weighted by Crippen LogP contribution is -2.38. The molecule has 5 heteroatoms. The maximum Gasteiger partial charge on any atom is 0.326 e. The summed E-state index contributed by atoms with van der Waals surface area (Å²) in [5.74, 6) is 0.517. The summed E-state index contributed by atoms with van der Waals surface area (Å²) in [4.78, 5) is 17.6. The predicted molar refractivity (Wildman–Crippen MR) is 73.7 cm³/mol. The van der Waals surface area contributed by atoms with Gasteiger partial charge in [-0.1, -0.05) is 18.2 Å². The van der Waals surface area contributed by atoms with Gasteiger partial charge in [-0.2, -0.15) is 0 Å². The molecule has 20 heavy (non-hydrogen) atoms. The summed E-state index contributed by atoms with van der Waals surface area (Å²) in [5.41, 5.74) is 2.85. The highest BCUT2D eigenvalue weighted by Gasteiger charge is 2.34. The van der Waals surface area contributed by atoms with Crippen LogP contribution in [0.2, 0.25) is 0 Å². The van der Waals surface area contributed by atoms with Crippen LogP contribution in [-0.2, 0) is 17.8 Å². The van der Waals surface area contributed by atoms with Gasteiger partial charge in [-0.15, -0.1) is 0 Å². The Labute approximate surface area is 116 Å². The van der Waals surface area contributed by atoms with Crippen molar-refractivity contribution >= 4 is 11.7 Å². The molecule has 0 saturated heterocycles. The van der Waals surface area contributed by atoms with E-state index in [1.165, 1.54) is 0 Å². The molecule has 0 fully saturated rings. The number of carboxylic acids is 1. The van der Waals surface area contributed by atoms with E-state index in [-0.39, 0.29) is 0 Å². The molecule has 2 heterocycles. The summed E-state index contributed by atoms with van der Waals surface area (Å²) in [6.45, 7) is 4.12. The van der Waals surface area contributed by atoms with E-state index in [1.807, 2.05) is 43.0 Å². The molecule has 3 rings (SSSR count). The van der Waals surface area contributed by atoms with E-state index >= 15 is 0 Å². The Balaban J connectivity index is 1.94. The first-order chi connectivity index (χ1) is 9.56. The van der Waals surface area contributed by atoms with Crippen LogP contribution in [0.4, 0.5) is 5.69 Å². The molecule has 0 radical (unpaired) electrons. The van der Waals surface area contributed by atoms with Gasteiger partial charge in [0.15, 0.2) is 0 Å². The van der Waals surface area contributed by atoms with Crippen LogP contribution in [0.5, 0.6) is 0 Å². The third-order valence-electron chi connectivity index (χ3n) is 3.75. The number of nitrogens with zero attached hydrogens (tertiary/aromatic N) is 2. The predicted octanol–water partition coefficient (Wildman–Crippen LogP) is 2.31. The largest absolute Gasteiger partial charge is 0.480 e. The molecule has 0 aliphatic carbocycles. The molecule has 104 valence electrons. The minimum atomic E-state index is -0.818. The molecule has 1 atom stereocenters. The summed E-state index contributed by atoms with van der Waals surface area (Å²) in [6, 6.07) is 7.21. The van der Waals surface area contributed by atoms with E-state index in [1.54, 1.807) is 0 Å². The number of fused-ring (bicyclic) bond motifs is 1. The number of carboxylic acid groups (broad SMARTS) is 1. The number of oxazole rings is 1. The monoisotopic (exact) mass is 272 g/mol. The normalized spacial score (nSPS) is 17.3. The van der Waals surface area contributed by atoms with Crippen LogP contribution in [0.3, 0.4) is 0 Å². The van der Waals surface area contributed by atoms with Gasteiger partial charge in [-0.05, 0) is 25.5 Å². The molecule has 1 unspecified atom stereocenters. The van der Waals surface area contributed by atoms with Crippen molar-refractivity contribution in [3.05, 3.63) is 47.2 Å². The first-order valence-corrected chi connectivity index (χ1v) is 6.56. The summed E-state index contributed by atoms with van der Waals surface area (Å²) in [7, 11) is 0. The van der Waals surface area contributed by atoms with E-state index in [2.05, 4.69) is 4.98 Å². The van der Waals surface area contributed by atoms with Gasteiger partial charge in [-0.25, -0.2) is 9.78 Å². The standard InChI is InChI=1S/C15H16N2O3/c1-9-10(2)20-14(16-9)8-17-12-6-4-3-5-11(12)7-13(17)15(18)19/h3-6,13H,7-8H2,1-2H3,(H,18,19). The molecular weight excluding hydrogens is 256 g/mol. The van der Waals surface area contributed by atoms with E-state index in [0.29, 0.717) is 18.9 Å². The molecule has 0 saturated carbocycles. The van der Waals surface area contributed by atoms with Gasteiger partial charge in [0, 0.05) is 12.1 Å². The third kappa shape index (κ3) is 2.05. The molecule has 1 aliphatic heterocycles. The van der Waals surface area contributed by atoms with Crippen molar-refractivity contribution in [3.8, 4) is 0 Å². The zero-order valence-corrected chi connectivity index (χ0v) is 11.5. The summed E-state index contributed by atoms with van der Waals surface area (Å²) in [6.07, 6.45) is 0.518. The number of hydrogen-bond acceptors (Lipinski definition) is 4. The van der Waals surface area contributed by atoms with E-state index in [4.69, 9.17) is 4.42 Å². The van der Waals surface area contributed by atoms with Gasteiger partial charge in [0.25, 0.3) is 0 Å². The Bertz CT molecular complexity index is 643. The SMILES string of the molecule is Cc1nc(CN2c3ccccc3CC2C(=O)O)oc1C. The zero-order valence-electron chi connectivity index (χ0n) is 11.5. The smallest absolute Gasteiger partial charge is 0.326 e. The van der Waals surface area contributed by atoms with Crippen LogP contribution in [-0.4, -0.2) is 22.1 Å². The highest BCUT2D eigenvalue weighted by Crippen LogP contribution is 2.33. The van der Waals surface area contributed by atoms with Crippen molar-refractivity contribution in [2.24, 2.45) is 0 Å². The molecule has 1 aromatic heterocycles. The minimum absolute atomic E-state index is 0.378. The maximum atomic E-state index is 11.5. The fourth-order valence-electron chi connectivity index (χ4n) is 2.62. The van der Waals surface area contributed by atoms with Crippen molar-refractivity contribution in [2.75, 3.05) is 4.90 Å². The summed E-state index contributed by atoms with van der Waals surface area (Å²) in [5, 5.41) is 9.40. The number of aromatic nitrogens is 1. The molecule has 1 aromatic carbocycles. The van der Waals surface area contributed by atoms with E-state index < -0.39 is 12.0 Å². The molecule has 2 aromatic rings. The van der Waals surface area contributed by atoms with Gasteiger partial charge in [0.2, 0.25) is 5.89 Å². The number of carbonyl (C=O) groups is 1. The van der Waals surface area contributed by atoms with Gasteiger partial charge in [0.05, 0.1) is 12.2 Å². The molecule has 0 spiro atoms. The lowest BCUT2D eigenvalue weighted by atomic mass is 10.1. The minimum Gasteiger partial charge on any atom is -0.480 e. The fourth-order valence-corrected chi connectivity index (χ4v) is 2.62. The number of hydrogen-bond donors (Lipinski definition) is 1. The quantitative estimate of drug-likeness (QED) is 0.928. The zero-order chi connectivity index (χ0) is 14.3. The van der Waals surface area contributed by atoms with Gasteiger partial charge >= 0.3 is 5.97 Å². The fraction of sp³-hybridized carbons (Fsp3) is 0.333. The van der Waals surface area contributed by atoms with E-state index in [9.17, 15) is 9.90 Å². The van der Waals surface area contributed by atoms with Crippen LogP contribution in [0, 0.1) is 13.8 Å². The van der Waals surface area contributed by atoms with Gasteiger partial charge in [0.1, 0.15) is 11.8 Å². The first kappa shape index (κ1) is 12.7. The van der Waals surface area contributed by atoms with Crippen molar-refractivity contribution < 1.29 is 14.3 Å². The van der Waals surface area contributed by atoms with Gasteiger partial charge < -0.3 is 14.4 Å². The lowest BCUT2D eigenvalue weighted by Gasteiger charge is -2.22. The van der Waals surface area contributed by atoms with Gasteiger partial charge in [-0.3, -0.25) is 0 Å². The van der Waals surface area contributed by atoms with Crippen molar-refractivity contribution in [2.45, 2.75) is 32.9 Å². The number of rotatable bonds is 3. The topological polar surface area (TPSA) is 66.6 Å². The average Bonchev–Trinajstić information content (AvgIpc) is 2.92. The number of aliphatic carboxylic acids is 1. The molecule has 1 aliphatic rings. The van der Waals surface area contributed by atoms with E-state index in [0.717, 1.165) is 22.7 Å². The Morgan fingerprint density at radius 3 is 2.85 bits per heavy atom. The second-order valence-electron chi connectivity index (χ2n) is 5.06. The molecule has 1 N–H and O–H groups in total. The summed E-state index contributed by atoms with van der Waals surface area (Å²) < 4.78 is 5.57. The van der Waals surface area contributed by atoms with Crippen molar-refractivity contribution in [1.29, 1.82) is 0 Å². The summed E-state index contributed by atoms with van der Waals surface area (Å²) >= 11 is 0. The first-order valence-electron chi connectivity index (χ1n) is 6.56. The average molecular weight is 272 g/mol. The number of benzene rings is 1. The molecule has 0 amide bonds. The van der Waals surface area contributed by atoms with Crippen LogP contribution in [0.1, 0.15) is 22.9 Å². The second-order valence-corrected chi connectivity index (χ2v) is 5.06. The van der Waals surface area contributed by atoms with Crippen LogP contribution in [0.15, 0.2) is 28.7 Å². The Hall–Kier alpha value is -2.30. The Kier molecular flexibility index (Phi) is 2.97. The van der Waals surface area contributed by atoms with Crippen molar-refractivity contribution in [1.82, 2.24) is 4.98 Å². The molecule has 0 bridgehead atoms. The second kappa shape index (κ2) is 4.67. The molecule has 5 nitrogen and oxygen atoms in total. The highest BCUT2D eigenvalue weighted by molar-refractivity contribution is 5.82. The highest BCUT2D eigenvalue weighted by atomic mass is 16.4. The Morgan fingerprint density at radius 2 is 2.20 bits per heavy atom. The number of para-hydroxylation sites is 1. The number of anilines is 1. The Morgan fingerprint density at radius 1 is 1.45 bits per heavy atom. The third-order valence-corrected chi connectivity index (χ3v) is 3.75. The van der Waals surface area contributed by atoms with Crippen LogP contribution in [0.25, 0.3) is 0 Å². The molecular formula is C15H16N2O3. The van der Waals surface area contributed by atoms with Crippen molar-refractivity contribution in [3.63, 3.8) is 0 Å². The maximum absolute atomic E-state index is 11.5.